The van der Waals surface area contributed by atoms with Gasteiger partial charge in [-0.25, -0.2) is 0 Å². The maximum Gasteiger partial charge on any atom is 0.254 e. The third kappa shape index (κ3) is 3.41. The van der Waals surface area contributed by atoms with Gasteiger partial charge in [0.15, 0.2) is 11.5 Å². The number of carbonyl (C=O) groups is 1. The van der Waals surface area contributed by atoms with E-state index in [0.717, 1.165) is 5.56 Å². The molecule has 1 heterocycles. The van der Waals surface area contributed by atoms with Crippen molar-refractivity contribution in [3.63, 3.8) is 0 Å². The number of ether oxygens (including phenoxy) is 2. The predicted molar refractivity (Wildman–Crippen MR) is 85.8 cm³/mol. The van der Waals surface area contributed by atoms with Gasteiger partial charge in [0.1, 0.15) is 0 Å². The van der Waals surface area contributed by atoms with Crippen molar-refractivity contribution < 1.29 is 19.4 Å². The largest absolute Gasteiger partial charge is 0.454 e. The van der Waals surface area contributed by atoms with Crippen molar-refractivity contribution in [1.29, 1.82) is 0 Å². The number of hydrogen-bond acceptors (Lipinski definition) is 4. The second-order valence-electron chi connectivity index (χ2n) is 5.13. The van der Waals surface area contributed by atoms with E-state index in [1.54, 1.807) is 17.0 Å². The van der Waals surface area contributed by atoms with E-state index in [9.17, 15) is 9.90 Å². The van der Waals surface area contributed by atoms with E-state index in [-0.39, 0.29) is 25.9 Å². The van der Waals surface area contributed by atoms with Gasteiger partial charge >= 0.3 is 0 Å². The standard InChI is InChI=1S/C17H16ClNO4/c18-14-8-13(9-15-16(14)23-11-22-15)17(21)19(6-7-20)10-12-4-2-1-3-5-12/h1-5,8-9,20H,6-7,10-11H2. The van der Waals surface area contributed by atoms with Crippen LogP contribution in [0.2, 0.25) is 5.02 Å². The smallest absolute Gasteiger partial charge is 0.254 e. The Bertz CT molecular complexity index is 705. The minimum absolute atomic E-state index is 0.0943. The van der Waals surface area contributed by atoms with Crippen LogP contribution in [0.4, 0.5) is 0 Å². The summed E-state index contributed by atoms with van der Waals surface area (Å²) in [4.78, 5) is 14.3. The van der Waals surface area contributed by atoms with E-state index < -0.39 is 0 Å². The zero-order valence-corrected chi connectivity index (χ0v) is 13.1. The quantitative estimate of drug-likeness (QED) is 0.914. The van der Waals surface area contributed by atoms with Gasteiger partial charge in [0.2, 0.25) is 6.79 Å². The Morgan fingerprint density at radius 2 is 2.00 bits per heavy atom. The Morgan fingerprint density at radius 1 is 1.22 bits per heavy atom. The van der Waals surface area contributed by atoms with E-state index in [1.807, 2.05) is 30.3 Å². The highest BCUT2D eigenvalue weighted by atomic mass is 35.5. The summed E-state index contributed by atoms with van der Waals surface area (Å²) in [5, 5.41) is 9.60. The van der Waals surface area contributed by atoms with Crippen molar-refractivity contribution in [2.75, 3.05) is 19.9 Å². The summed E-state index contributed by atoms with van der Waals surface area (Å²) in [6.07, 6.45) is 0. The summed E-state index contributed by atoms with van der Waals surface area (Å²) in [7, 11) is 0. The van der Waals surface area contributed by atoms with Gasteiger partial charge in [0, 0.05) is 18.7 Å². The monoisotopic (exact) mass is 333 g/mol. The van der Waals surface area contributed by atoms with Crippen LogP contribution in [0.15, 0.2) is 42.5 Å². The highest BCUT2D eigenvalue weighted by molar-refractivity contribution is 6.32. The number of fused-ring (bicyclic) bond motifs is 1. The number of rotatable bonds is 5. The van der Waals surface area contributed by atoms with Gasteiger partial charge < -0.3 is 19.5 Å². The molecule has 0 fully saturated rings. The first kappa shape index (κ1) is 15.6. The third-order valence-corrected chi connectivity index (χ3v) is 3.83. The molecule has 0 saturated heterocycles. The maximum absolute atomic E-state index is 12.8. The number of benzene rings is 2. The van der Waals surface area contributed by atoms with Gasteiger partial charge in [-0.15, -0.1) is 0 Å². The Morgan fingerprint density at radius 3 is 2.74 bits per heavy atom. The molecule has 1 aliphatic rings. The summed E-state index contributed by atoms with van der Waals surface area (Å²) in [6.45, 7) is 0.625. The Hall–Kier alpha value is -2.24. The fourth-order valence-electron chi connectivity index (χ4n) is 2.45. The average Bonchev–Trinajstić information content (AvgIpc) is 3.04. The molecule has 1 N–H and O–H groups in total. The molecule has 120 valence electrons. The number of halogens is 1. The molecule has 2 aromatic rings. The summed E-state index contributed by atoms with van der Waals surface area (Å²) in [6, 6.07) is 12.8. The van der Waals surface area contributed by atoms with Crippen LogP contribution in [0.1, 0.15) is 15.9 Å². The molecular weight excluding hydrogens is 318 g/mol. The summed E-state index contributed by atoms with van der Waals surface area (Å²) in [5.41, 5.74) is 1.39. The fraction of sp³-hybridized carbons (Fsp3) is 0.235. The van der Waals surface area contributed by atoms with E-state index in [1.165, 1.54) is 0 Å². The number of aliphatic hydroxyl groups is 1. The lowest BCUT2D eigenvalue weighted by Gasteiger charge is -2.22. The van der Waals surface area contributed by atoms with E-state index in [4.69, 9.17) is 21.1 Å². The minimum atomic E-state index is -0.219. The summed E-state index contributed by atoms with van der Waals surface area (Å²) < 4.78 is 10.5. The zero-order chi connectivity index (χ0) is 16.2. The van der Waals surface area contributed by atoms with Gasteiger partial charge in [-0.05, 0) is 17.7 Å². The first-order chi connectivity index (χ1) is 11.2. The normalized spacial score (nSPS) is 12.3. The lowest BCUT2D eigenvalue weighted by molar-refractivity contribution is 0.0707. The van der Waals surface area contributed by atoms with Crippen LogP contribution in [0, 0.1) is 0 Å². The maximum atomic E-state index is 12.8. The molecule has 23 heavy (non-hydrogen) atoms. The van der Waals surface area contributed by atoms with Crippen LogP contribution >= 0.6 is 11.6 Å². The molecule has 0 aromatic heterocycles. The van der Waals surface area contributed by atoms with Gasteiger partial charge in [-0.1, -0.05) is 41.9 Å². The molecule has 3 rings (SSSR count). The SMILES string of the molecule is O=C(c1cc(Cl)c2c(c1)OCO2)N(CCO)Cc1ccccc1. The zero-order valence-electron chi connectivity index (χ0n) is 12.4. The Kier molecular flexibility index (Phi) is 4.69. The van der Waals surface area contributed by atoms with E-state index in [2.05, 4.69) is 0 Å². The van der Waals surface area contributed by atoms with Gasteiger partial charge in [-0.3, -0.25) is 4.79 Å². The first-order valence-corrected chi connectivity index (χ1v) is 7.60. The average molecular weight is 334 g/mol. The predicted octanol–water partition coefficient (Wildman–Crippen LogP) is 2.70. The fourth-order valence-corrected chi connectivity index (χ4v) is 2.72. The number of hydrogen-bond donors (Lipinski definition) is 1. The van der Waals surface area contributed by atoms with E-state index in [0.29, 0.717) is 28.6 Å². The number of amides is 1. The lowest BCUT2D eigenvalue weighted by Crippen LogP contribution is -2.33. The van der Waals surface area contributed by atoms with Crippen molar-refractivity contribution in [3.8, 4) is 11.5 Å². The topological polar surface area (TPSA) is 59.0 Å². The Balaban J connectivity index is 1.85. The number of carbonyl (C=O) groups excluding carboxylic acids is 1. The van der Waals surface area contributed by atoms with Crippen molar-refractivity contribution in [2.24, 2.45) is 0 Å². The second kappa shape index (κ2) is 6.89. The van der Waals surface area contributed by atoms with Crippen molar-refractivity contribution in [1.82, 2.24) is 4.90 Å². The molecule has 1 amide bonds. The van der Waals surface area contributed by atoms with Gasteiger partial charge in [0.25, 0.3) is 5.91 Å². The van der Waals surface area contributed by atoms with Gasteiger partial charge in [0.05, 0.1) is 11.6 Å². The van der Waals surface area contributed by atoms with Crippen LogP contribution in [0.3, 0.4) is 0 Å². The first-order valence-electron chi connectivity index (χ1n) is 7.22. The second-order valence-corrected chi connectivity index (χ2v) is 5.53. The molecule has 1 aliphatic heterocycles. The van der Waals surface area contributed by atoms with Crippen LogP contribution in [-0.2, 0) is 6.54 Å². The minimum Gasteiger partial charge on any atom is -0.454 e. The molecule has 0 saturated carbocycles. The highest BCUT2D eigenvalue weighted by Crippen LogP contribution is 2.40. The van der Waals surface area contributed by atoms with Crippen molar-refractivity contribution in [3.05, 3.63) is 58.6 Å². The van der Waals surface area contributed by atoms with Gasteiger partial charge in [-0.2, -0.15) is 0 Å². The van der Waals surface area contributed by atoms with Crippen LogP contribution in [0.5, 0.6) is 11.5 Å². The third-order valence-electron chi connectivity index (χ3n) is 3.55. The highest BCUT2D eigenvalue weighted by Gasteiger charge is 2.23. The molecule has 0 spiro atoms. The molecule has 0 bridgehead atoms. The molecule has 0 radical (unpaired) electrons. The molecular formula is C17H16ClNO4. The van der Waals surface area contributed by atoms with Crippen LogP contribution in [0.25, 0.3) is 0 Å². The lowest BCUT2D eigenvalue weighted by atomic mass is 10.1. The number of nitrogens with zero attached hydrogens (tertiary/aromatic N) is 1. The Labute approximate surface area is 139 Å². The molecule has 5 nitrogen and oxygen atoms in total. The van der Waals surface area contributed by atoms with Crippen LogP contribution in [-0.4, -0.2) is 35.9 Å². The van der Waals surface area contributed by atoms with Crippen LogP contribution < -0.4 is 9.47 Å². The van der Waals surface area contributed by atoms with Crippen molar-refractivity contribution in [2.45, 2.75) is 6.54 Å². The molecule has 0 atom stereocenters. The summed E-state index contributed by atoms with van der Waals surface area (Å²) in [5.74, 6) is 0.701. The molecule has 2 aromatic carbocycles. The number of aliphatic hydroxyl groups excluding tert-OH is 1. The molecule has 6 heteroatoms. The summed E-state index contributed by atoms with van der Waals surface area (Å²) >= 11 is 6.14. The van der Waals surface area contributed by atoms with Crippen molar-refractivity contribution >= 4 is 17.5 Å². The molecule has 0 aliphatic carbocycles. The van der Waals surface area contributed by atoms with E-state index >= 15 is 0 Å². The molecule has 0 unspecified atom stereocenters.